The number of phenolic OH excluding ortho intramolecular Hbond substituents is 1. The van der Waals surface area contributed by atoms with Crippen molar-refractivity contribution in [2.45, 2.75) is 18.8 Å². The van der Waals surface area contributed by atoms with E-state index >= 15 is 0 Å². The zero-order valence-corrected chi connectivity index (χ0v) is 11.2. The fourth-order valence-corrected chi connectivity index (χ4v) is 2.67. The molecule has 2 rings (SSSR count). The smallest absolute Gasteiger partial charge is 0.208 e. The molecule has 3 nitrogen and oxygen atoms in total. The Kier molecular flexibility index (Phi) is 3.89. The Bertz CT molecular complexity index is 419. The molecule has 1 fully saturated rings. The second kappa shape index (κ2) is 5.23. The van der Waals surface area contributed by atoms with Crippen molar-refractivity contribution >= 4 is 15.9 Å². The van der Waals surface area contributed by atoms with Gasteiger partial charge in [0.2, 0.25) is 5.82 Å². The summed E-state index contributed by atoms with van der Waals surface area (Å²) in [5, 5.41) is 12.8. The zero-order valence-electron chi connectivity index (χ0n) is 9.59. The lowest BCUT2D eigenvalue weighted by Gasteiger charge is -2.25. The Balaban J connectivity index is 2.44. The summed E-state index contributed by atoms with van der Waals surface area (Å²) < 4.78 is 19.3. The van der Waals surface area contributed by atoms with Gasteiger partial charge >= 0.3 is 0 Å². The fraction of sp³-hybridized carbons (Fsp3) is 0.500. The summed E-state index contributed by atoms with van der Waals surface area (Å²) in [6, 6.07) is 1.76. The normalized spacial score (nSPS) is 17.1. The summed E-state index contributed by atoms with van der Waals surface area (Å²) in [6.07, 6.45) is 1.90. The van der Waals surface area contributed by atoms with Gasteiger partial charge in [-0.15, -0.1) is 0 Å². The number of piperidine rings is 1. The summed E-state index contributed by atoms with van der Waals surface area (Å²) in [4.78, 5) is 0. The van der Waals surface area contributed by atoms with Gasteiger partial charge in [0.15, 0.2) is 11.5 Å². The highest BCUT2D eigenvalue weighted by Gasteiger charge is 2.24. The minimum Gasteiger partial charge on any atom is -0.504 e. The highest BCUT2D eigenvalue weighted by molar-refractivity contribution is 9.10. The van der Waals surface area contributed by atoms with Crippen molar-refractivity contribution in [3.63, 3.8) is 0 Å². The predicted molar refractivity (Wildman–Crippen MR) is 67.2 cm³/mol. The Hall–Kier alpha value is -0.810. The van der Waals surface area contributed by atoms with Crippen LogP contribution in [0.25, 0.3) is 0 Å². The Morgan fingerprint density at radius 2 is 2.12 bits per heavy atom. The third-order valence-corrected chi connectivity index (χ3v) is 3.77. The summed E-state index contributed by atoms with van der Waals surface area (Å²) in [5.41, 5.74) is 0.830. The van der Waals surface area contributed by atoms with E-state index in [-0.39, 0.29) is 17.4 Å². The van der Waals surface area contributed by atoms with E-state index in [2.05, 4.69) is 21.2 Å². The highest BCUT2D eigenvalue weighted by atomic mass is 79.9. The molecule has 0 spiro atoms. The molecular weight excluding hydrogens is 289 g/mol. The van der Waals surface area contributed by atoms with Crippen LogP contribution in [0.3, 0.4) is 0 Å². The van der Waals surface area contributed by atoms with Crippen molar-refractivity contribution < 1.29 is 14.2 Å². The molecule has 1 aliphatic rings. The van der Waals surface area contributed by atoms with Gasteiger partial charge in [0.25, 0.3) is 0 Å². The molecule has 1 aliphatic heterocycles. The maximum atomic E-state index is 13.9. The Morgan fingerprint density at radius 3 is 2.71 bits per heavy atom. The first-order valence-electron chi connectivity index (χ1n) is 5.60. The molecule has 0 saturated carbocycles. The first kappa shape index (κ1) is 12.6. The first-order valence-corrected chi connectivity index (χ1v) is 6.40. The van der Waals surface area contributed by atoms with Crippen molar-refractivity contribution in [2.24, 2.45) is 0 Å². The van der Waals surface area contributed by atoms with E-state index < -0.39 is 5.82 Å². The molecule has 1 heterocycles. The van der Waals surface area contributed by atoms with Crippen LogP contribution in [0, 0.1) is 5.82 Å². The van der Waals surface area contributed by atoms with Crippen LogP contribution in [0.1, 0.15) is 24.3 Å². The zero-order chi connectivity index (χ0) is 12.4. The monoisotopic (exact) mass is 303 g/mol. The van der Waals surface area contributed by atoms with Gasteiger partial charge in [-0.2, -0.15) is 4.39 Å². The molecule has 0 atom stereocenters. The van der Waals surface area contributed by atoms with Gasteiger partial charge < -0.3 is 15.2 Å². The SMILES string of the molecule is COc1c(C2CCNCC2)cc(Br)c(O)c1F. The van der Waals surface area contributed by atoms with Gasteiger partial charge in [0, 0.05) is 5.56 Å². The van der Waals surface area contributed by atoms with Gasteiger partial charge in [-0.05, 0) is 53.8 Å². The first-order chi connectivity index (χ1) is 8.15. The molecule has 17 heavy (non-hydrogen) atoms. The molecule has 0 unspecified atom stereocenters. The minimum absolute atomic E-state index is 0.164. The predicted octanol–water partition coefficient (Wildman–Crippen LogP) is 2.77. The number of methoxy groups -OCH3 is 1. The molecule has 0 radical (unpaired) electrons. The van der Waals surface area contributed by atoms with Crippen LogP contribution < -0.4 is 10.1 Å². The van der Waals surface area contributed by atoms with Crippen LogP contribution in [0.4, 0.5) is 4.39 Å². The fourth-order valence-electron chi connectivity index (χ4n) is 2.25. The number of halogens is 2. The van der Waals surface area contributed by atoms with Crippen molar-refractivity contribution in [2.75, 3.05) is 20.2 Å². The van der Waals surface area contributed by atoms with Crippen molar-refractivity contribution in [1.82, 2.24) is 5.32 Å². The van der Waals surface area contributed by atoms with Crippen molar-refractivity contribution in [1.29, 1.82) is 0 Å². The number of benzene rings is 1. The molecule has 2 N–H and O–H groups in total. The van der Waals surface area contributed by atoms with Gasteiger partial charge in [-0.25, -0.2) is 0 Å². The minimum atomic E-state index is -0.685. The average Bonchev–Trinajstić information content (AvgIpc) is 2.36. The lowest BCUT2D eigenvalue weighted by atomic mass is 9.89. The molecule has 5 heteroatoms. The summed E-state index contributed by atoms with van der Waals surface area (Å²) in [6.45, 7) is 1.85. The van der Waals surface area contributed by atoms with E-state index in [1.54, 1.807) is 6.07 Å². The highest BCUT2D eigenvalue weighted by Crippen LogP contribution is 2.41. The molecule has 1 aromatic rings. The molecule has 1 aromatic carbocycles. The molecule has 0 aromatic heterocycles. The molecule has 0 amide bonds. The van der Waals surface area contributed by atoms with Crippen molar-refractivity contribution in [3.05, 3.63) is 21.9 Å². The summed E-state index contributed by atoms with van der Waals surface area (Å²) in [5.74, 6) is -0.634. The number of rotatable bonds is 2. The van der Waals surface area contributed by atoms with Gasteiger partial charge in [-0.1, -0.05) is 0 Å². The maximum absolute atomic E-state index is 13.9. The third kappa shape index (κ3) is 2.40. The average molecular weight is 304 g/mol. The number of aromatic hydroxyl groups is 1. The third-order valence-electron chi connectivity index (χ3n) is 3.16. The van der Waals surface area contributed by atoms with E-state index in [0.29, 0.717) is 4.47 Å². The van der Waals surface area contributed by atoms with Crippen LogP contribution in [-0.2, 0) is 0 Å². The van der Waals surface area contributed by atoms with E-state index in [0.717, 1.165) is 31.5 Å². The molecule has 94 valence electrons. The largest absolute Gasteiger partial charge is 0.504 e. The molecular formula is C12H15BrFNO2. The number of nitrogens with one attached hydrogen (secondary N) is 1. The lowest BCUT2D eigenvalue weighted by molar-refractivity contribution is 0.349. The topological polar surface area (TPSA) is 41.5 Å². The van der Waals surface area contributed by atoms with Gasteiger partial charge in [-0.3, -0.25) is 0 Å². The Morgan fingerprint density at radius 1 is 1.47 bits per heavy atom. The molecule has 1 saturated heterocycles. The van der Waals surface area contributed by atoms with Crippen LogP contribution in [0.5, 0.6) is 11.5 Å². The second-order valence-corrected chi connectivity index (χ2v) is 5.02. The van der Waals surface area contributed by atoms with Crippen LogP contribution in [-0.4, -0.2) is 25.3 Å². The van der Waals surface area contributed by atoms with Crippen LogP contribution in [0.15, 0.2) is 10.5 Å². The summed E-state index contributed by atoms with van der Waals surface area (Å²) >= 11 is 3.17. The van der Waals surface area contributed by atoms with E-state index in [1.807, 2.05) is 0 Å². The second-order valence-electron chi connectivity index (χ2n) is 4.17. The van der Waals surface area contributed by atoms with E-state index in [9.17, 15) is 9.50 Å². The number of hydrogen-bond acceptors (Lipinski definition) is 3. The standard InChI is InChI=1S/C12H15BrFNO2/c1-17-12-8(7-2-4-15-5-3-7)6-9(13)11(16)10(12)14/h6-7,15-16H,2-5H2,1H3. The maximum Gasteiger partial charge on any atom is 0.208 e. The van der Waals surface area contributed by atoms with E-state index in [1.165, 1.54) is 7.11 Å². The molecule has 0 aliphatic carbocycles. The van der Waals surface area contributed by atoms with Gasteiger partial charge in [0.1, 0.15) is 0 Å². The summed E-state index contributed by atoms with van der Waals surface area (Å²) in [7, 11) is 1.43. The number of phenols is 1. The quantitative estimate of drug-likeness (QED) is 0.883. The van der Waals surface area contributed by atoms with Gasteiger partial charge in [0.05, 0.1) is 11.6 Å². The lowest BCUT2D eigenvalue weighted by Crippen LogP contribution is -2.27. The van der Waals surface area contributed by atoms with Crippen molar-refractivity contribution in [3.8, 4) is 11.5 Å². The Labute approximate surface area is 108 Å². The van der Waals surface area contributed by atoms with Crippen LogP contribution >= 0.6 is 15.9 Å². The molecule has 0 bridgehead atoms. The number of hydrogen-bond donors (Lipinski definition) is 2. The van der Waals surface area contributed by atoms with Crippen LogP contribution in [0.2, 0.25) is 0 Å². The number of ether oxygens (including phenoxy) is 1. The van der Waals surface area contributed by atoms with E-state index in [4.69, 9.17) is 4.74 Å².